The highest BCUT2D eigenvalue weighted by atomic mass is 79.9. The third kappa shape index (κ3) is 5.85. The van der Waals surface area contributed by atoms with E-state index in [1.165, 1.54) is 5.41 Å². The second-order valence-electron chi connectivity index (χ2n) is 6.34. The van der Waals surface area contributed by atoms with Gasteiger partial charge in [0, 0.05) is 60.6 Å². The number of rotatable bonds is 7. The number of aryl methyl sites for hydroxylation is 1. The molecule has 2 aromatic rings. The quantitative estimate of drug-likeness (QED) is 0.605. The molecular formula is C19H23BrN4O2S. The summed E-state index contributed by atoms with van der Waals surface area (Å²) in [7, 11) is -3.35. The van der Waals surface area contributed by atoms with Crippen LogP contribution in [-0.2, 0) is 16.4 Å². The van der Waals surface area contributed by atoms with Gasteiger partial charge in [-0.15, -0.1) is 0 Å². The van der Waals surface area contributed by atoms with E-state index in [9.17, 15) is 8.42 Å². The number of benzene rings is 1. The van der Waals surface area contributed by atoms with Gasteiger partial charge in [0.25, 0.3) is 0 Å². The number of nitrogens with zero attached hydrogens (tertiary/aromatic N) is 4. The minimum absolute atomic E-state index is 0.501. The van der Waals surface area contributed by atoms with Crippen molar-refractivity contribution < 1.29 is 8.42 Å². The third-order valence-electron chi connectivity index (χ3n) is 4.45. The molecule has 8 heteroatoms. The Labute approximate surface area is 169 Å². The number of allylic oxidation sites excluding steroid dienone is 1. The first kappa shape index (κ1) is 20.0. The lowest BCUT2D eigenvalue weighted by molar-refractivity contribution is 0.390. The van der Waals surface area contributed by atoms with Crippen LogP contribution in [-0.4, -0.2) is 48.9 Å². The normalized spacial score (nSPS) is 16.1. The first-order valence-electron chi connectivity index (χ1n) is 8.98. The Morgan fingerprint density at radius 2 is 1.70 bits per heavy atom. The van der Waals surface area contributed by atoms with Gasteiger partial charge in [-0.3, -0.25) is 0 Å². The summed E-state index contributed by atoms with van der Waals surface area (Å²) in [5, 5.41) is 1.34. The van der Waals surface area contributed by atoms with Gasteiger partial charge in [0.2, 0.25) is 10.0 Å². The molecule has 2 heterocycles. The van der Waals surface area contributed by atoms with E-state index in [4.69, 9.17) is 0 Å². The lowest BCUT2D eigenvalue weighted by atomic mass is 10.2. The fourth-order valence-electron chi connectivity index (χ4n) is 2.97. The molecule has 0 aliphatic carbocycles. The molecule has 1 aliphatic rings. The zero-order valence-corrected chi connectivity index (χ0v) is 17.4. The molecule has 3 rings (SSSR count). The van der Waals surface area contributed by atoms with Gasteiger partial charge in [-0.1, -0.05) is 22.0 Å². The monoisotopic (exact) mass is 450 g/mol. The van der Waals surface area contributed by atoms with E-state index in [-0.39, 0.29) is 0 Å². The summed E-state index contributed by atoms with van der Waals surface area (Å²) in [4.78, 5) is 10.5. The molecule has 1 fully saturated rings. The van der Waals surface area contributed by atoms with Crippen molar-refractivity contribution in [2.45, 2.75) is 19.3 Å². The highest BCUT2D eigenvalue weighted by Crippen LogP contribution is 2.20. The minimum Gasteiger partial charge on any atom is -0.369 e. The Hall–Kier alpha value is -1.77. The van der Waals surface area contributed by atoms with Crippen molar-refractivity contribution in [1.29, 1.82) is 0 Å². The van der Waals surface area contributed by atoms with E-state index in [1.807, 2.05) is 24.3 Å². The summed E-state index contributed by atoms with van der Waals surface area (Å²) in [6.45, 7) is 2.39. The zero-order valence-electron chi connectivity index (χ0n) is 15.0. The van der Waals surface area contributed by atoms with E-state index < -0.39 is 10.0 Å². The predicted octanol–water partition coefficient (Wildman–Crippen LogP) is 3.23. The molecule has 1 saturated heterocycles. The van der Waals surface area contributed by atoms with Crippen molar-refractivity contribution in [2.24, 2.45) is 0 Å². The van der Waals surface area contributed by atoms with Gasteiger partial charge in [-0.2, -0.15) is 4.31 Å². The van der Waals surface area contributed by atoms with Gasteiger partial charge in [0.15, 0.2) is 0 Å². The number of aromatic nitrogens is 2. The van der Waals surface area contributed by atoms with Crippen molar-refractivity contribution in [3.63, 3.8) is 0 Å². The van der Waals surface area contributed by atoms with Crippen LogP contribution in [0.5, 0.6) is 0 Å². The molecule has 144 valence electrons. The molecule has 1 aliphatic heterocycles. The third-order valence-corrected chi connectivity index (χ3v) is 6.60. The maximum absolute atomic E-state index is 12.5. The smallest absolute Gasteiger partial charge is 0.236 e. The van der Waals surface area contributed by atoms with Crippen molar-refractivity contribution in [1.82, 2.24) is 14.3 Å². The number of piperazine rings is 1. The molecule has 0 bridgehead atoms. The van der Waals surface area contributed by atoms with Gasteiger partial charge in [0.05, 0.1) is 0 Å². The molecule has 0 saturated carbocycles. The highest BCUT2D eigenvalue weighted by Gasteiger charge is 2.24. The standard InChI is InChI=1S/C19H23BrN4O2S/c20-17-6-8-18(9-7-17)23-12-14-24(15-13-23)27(25,26)16-3-1-2-5-19-21-10-4-11-22-19/h3-4,6-11,16H,1-2,5,12-15H2/b16-3+. The summed E-state index contributed by atoms with van der Waals surface area (Å²) in [5.41, 5.74) is 1.12. The topological polar surface area (TPSA) is 66.4 Å². The van der Waals surface area contributed by atoms with Crippen LogP contribution in [0.25, 0.3) is 0 Å². The van der Waals surface area contributed by atoms with Gasteiger partial charge < -0.3 is 4.90 Å². The van der Waals surface area contributed by atoms with Gasteiger partial charge >= 0.3 is 0 Å². The summed E-state index contributed by atoms with van der Waals surface area (Å²) in [6.07, 6.45) is 7.44. The lowest BCUT2D eigenvalue weighted by Crippen LogP contribution is -2.48. The van der Waals surface area contributed by atoms with Crippen LogP contribution in [0.1, 0.15) is 18.7 Å². The van der Waals surface area contributed by atoms with Gasteiger partial charge in [-0.25, -0.2) is 18.4 Å². The van der Waals surface area contributed by atoms with Crippen molar-refractivity contribution in [3.8, 4) is 0 Å². The van der Waals surface area contributed by atoms with Crippen LogP contribution in [0, 0.1) is 0 Å². The number of sulfonamides is 1. The second-order valence-corrected chi connectivity index (χ2v) is 9.07. The zero-order chi connectivity index (χ0) is 19.1. The summed E-state index contributed by atoms with van der Waals surface area (Å²) in [5.74, 6) is 0.790. The number of halogens is 1. The van der Waals surface area contributed by atoms with Crippen molar-refractivity contribution >= 4 is 31.6 Å². The molecule has 1 aromatic carbocycles. The molecule has 1 aromatic heterocycles. The molecule has 0 radical (unpaired) electrons. The number of hydrogen-bond acceptors (Lipinski definition) is 5. The van der Waals surface area contributed by atoms with Crippen LogP contribution < -0.4 is 4.90 Å². The number of anilines is 1. The average Bonchev–Trinajstić information content (AvgIpc) is 2.69. The molecule has 0 spiro atoms. The molecule has 0 amide bonds. The van der Waals surface area contributed by atoms with Crippen molar-refractivity contribution in [3.05, 3.63) is 64.5 Å². The minimum atomic E-state index is -3.35. The first-order chi connectivity index (χ1) is 13.0. The predicted molar refractivity (Wildman–Crippen MR) is 111 cm³/mol. The summed E-state index contributed by atoms with van der Waals surface area (Å²) >= 11 is 3.43. The average molecular weight is 451 g/mol. The maximum atomic E-state index is 12.5. The fraction of sp³-hybridized carbons (Fsp3) is 0.368. The van der Waals surface area contributed by atoms with E-state index >= 15 is 0 Å². The van der Waals surface area contributed by atoms with E-state index in [0.717, 1.165) is 28.8 Å². The van der Waals surface area contributed by atoms with Crippen molar-refractivity contribution in [2.75, 3.05) is 31.1 Å². The lowest BCUT2D eigenvalue weighted by Gasteiger charge is -2.34. The second kappa shape index (κ2) is 9.43. The first-order valence-corrected chi connectivity index (χ1v) is 11.3. The summed E-state index contributed by atoms with van der Waals surface area (Å²) < 4.78 is 27.6. The Morgan fingerprint density at radius 1 is 1.04 bits per heavy atom. The fourth-order valence-corrected chi connectivity index (χ4v) is 4.45. The Morgan fingerprint density at radius 3 is 2.37 bits per heavy atom. The molecule has 6 nitrogen and oxygen atoms in total. The molecule has 0 unspecified atom stereocenters. The van der Waals surface area contributed by atoms with Crippen LogP contribution in [0.15, 0.2) is 58.7 Å². The highest BCUT2D eigenvalue weighted by molar-refractivity contribution is 9.10. The van der Waals surface area contributed by atoms with Crippen LogP contribution in [0.4, 0.5) is 5.69 Å². The maximum Gasteiger partial charge on any atom is 0.236 e. The van der Waals surface area contributed by atoms with Gasteiger partial charge in [-0.05, 0) is 43.2 Å². The SMILES string of the molecule is O=S(=O)(/C=C/CCCc1ncccn1)N1CCN(c2ccc(Br)cc2)CC1. The van der Waals surface area contributed by atoms with E-state index in [2.05, 4.69) is 30.8 Å². The molecule has 27 heavy (non-hydrogen) atoms. The van der Waals surface area contributed by atoms with Gasteiger partial charge in [0.1, 0.15) is 5.82 Å². The number of hydrogen-bond donors (Lipinski definition) is 0. The molecular weight excluding hydrogens is 428 g/mol. The van der Waals surface area contributed by atoms with E-state index in [1.54, 1.807) is 28.8 Å². The molecule has 0 atom stereocenters. The Balaban J connectivity index is 1.45. The Kier molecular flexibility index (Phi) is 6.98. The van der Waals surface area contributed by atoms with Crippen LogP contribution >= 0.6 is 15.9 Å². The number of unbranched alkanes of at least 4 members (excludes halogenated alkanes) is 1. The van der Waals surface area contributed by atoms with E-state index in [0.29, 0.717) is 32.6 Å². The molecule has 0 N–H and O–H groups in total. The Bertz CT molecular complexity index is 849. The largest absolute Gasteiger partial charge is 0.369 e. The van der Waals surface area contributed by atoms with Crippen LogP contribution in [0.3, 0.4) is 0 Å². The summed E-state index contributed by atoms with van der Waals surface area (Å²) in [6, 6.07) is 9.88. The van der Waals surface area contributed by atoms with Crippen LogP contribution in [0.2, 0.25) is 0 Å².